The number of sulfone groups is 1. The summed E-state index contributed by atoms with van der Waals surface area (Å²) < 4.78 is 22.7. The van der Waals surface area contributed by atoms with Crippen LogP contribution in [0.2, 0.25) is 0 Å². The Labute approximate surface area is 126 Å². The highest BCUT2D eigenvalue weighted by molar-refractivity contribution is 7.91. The van der Waals surface area contributed by atoms with Gasteiger partial charge in [-0.2, -0.15) is 0 Å². The number of nitrogens with one attached hydrogen (secondary N) is 2. The van der Waals surface area contributed by atoms with Gasteiger partial charge in [0.25, 0.3) is 0 Å². The summed E-state index contributed by atoms with van der Waals surface area (Å²) >= 11 is 0. The molecular formula is C15H22N2O3S. The molecule has 0 bridgehead atoms. The molecule has 0 radical (unpaired) electrons. The average molecular weight is 310 g/mol. The van der Waals surface area contributed by atoms with Gasteiger partial charge in [-0.1, -0.05) is 26.0 Å². The normalized spacial score (nSPS) is 20.4. The zero-order valence-corrected chi connectivity index (χ0v) is 13.2. The maximum Gasteiger partial charge on any atom is 0.319 e. The predicted octanol–water partition coefficient (Wildman–Crippen LogP) is 2.37. The summed E-state index contributed by atoms with van der Waals surface area (Å²) in [5.41, 5.74) is 1.95. The second-order valence-corrected chi connectivity index (χ2v) is 8.11. The fraction of sp³-hybridized carbons (Fsp3) is 0.533. The van der Waals surface area contributed by atoms with E-state index in [4.69, 9.17) is 0 Å². The van der Waals surface area contributed by atoms with Gasteiger partial charge in [0, 0.05) is 12.2 Å². The maximum absolute atomic E-state index is 11.8. The van der Waals surface area contributed by atoms with E-state index in [0.717, 1.165) is 5.69 Å². The van der Waals surface area contributed by atoms with E-state index in [-0.39, 0.29) is 23.5 Å². The molecule has 2 N–H and O–H groups in total. The largest absolute Gasteiger partial charge is 0.338 e. The molecule has 1 aromatic carbocycles. The molecule has 2 amide bonds. The van der Waals surface area contributed by atoms with Crippen LogP contribution < -0.4 is 10.6 Å². The molecule has 1 aromatic rings. The molecular weight excluding hydrogens is 288 g/mol. The summed E-state index contributed by atoms with van der Waals surface area (Å²) in [5.74, 6) is 0.898. The topological polar surface area (TPSA) is 75.3 Å². The van der Waals surface area contributed by atoms with Crippen molar-refractivity contribution >= 4 is 21.6 Å². The molecule has 5 nitrogen and oxygen atoms in total. The number of urea groups is 1. The van der Waals surface area contributed by atoms with Gasteiger partial charge < -0.3 is 10.6 Å². The zero-order chi connectivity index (χ0) is 15.5. The predicted molar refractivity (Wildman–Crippen MR) is 84.3 cm³/mol. The van der Waals surface area contributed by atoms with Gasteiger partial charge in [0.15, 0.2) is 9.84 Å². The molecule has 1 aliphatic rings. The standard InChI is InChI=1S/C15H22N2O3S/c1-11(2)13-3-5-14(6-4-13)17-15(18)16-9-12-7-8-21(19,20)10-12/h3-6,11-12H,7-10H2,1-2H3,(H2,16,17,18)/t12-/m0/s1. The number of anilines is 1. The van der Waals surface area contributed by atoms with Crippen LogP contribution in [0.4, 0.5) is 10.5 Å². The van der Waals surface area contributed by atoms with E-state index in [0.29, 0.717) is 18.9 Å². The number of carbonyl (C=O) groups is 1. The molecule has 2 rings (SSSR count). The first-order valence-corrected chi connectivity index (χ1v) is 9.03. The smallest absolute Gasteiger partial charge is 0.319 e. The first kappa shape index (κ1) is 15.8. The first-order chi connectivity index (χ1) is 9.85. The Hall–Kier alpha value is -1.56. The fourth-order valence-corrected chi connectivity index (χ4v) is 4.26. The highest BCUT2D eigenvalue weighted by Crippen LogP contribution is 2.18. The number of hydrogen-bond donors (Lipinski definition) is 2. The molecule has 116 valence electrons. The lowest BCUT2D eigenvalue weighted by Gasteiger charge is -2.12. The summed E-state index contributed by atoms with van der Waals surface area (Å²) in [6.45, 7) is 4.63. The molecule has 1 aliphatic heterocycles. The van der Waals surface area contributed by atoms with Gasteiger partial charge in [0.1, 0.15) is 0 Å². The van der Waals surface area contributed by atoms with Gasteiger partial charge in [0.05, 0.1) is 11.5 Å². The molecule has 6 heteroatoms. The number of carbonyl (C=O) groups excluding carboxylic acids is 1. The van der Waals surface area contributed by atoms with Crippen molar-refractivity contribution in [3.05, 3.63) is 29.8 Å². The highest BCUT2D eigenvalue weighted by Gasteiger charge is 2.27. The summed E-state index contributed by atoms with van der Waals surface area (Å²) in [6.07, 6.45) is 0.631. The van der Waals surface area contributed by atoms with E-state index in [9.17, 15) is 13.2 Å². The Kier molecular flexibility index (Phi) is 4.88. The lowest BCUT2D eigenvalue weighted by molar-refractivity contribution is 0.250. The van der Waals surface area contributed by atoms with Crippen LogP contribution in [0.3, 0.4) is 0 Å². The van der Waals surface area contributed by atoms with Gasteiger partial charge >= 0.3 is 6.03 Å². The van der Waals surface area contributed by atoms with Crippen molar-refractivity contribution in [2.24, 2.45) is 5.92 Å². The van der Waals surface area contributed by atoms with Crippen LogP contribution in [0, 0.1) is 5.92 Å². The first-order valence-electron chi connectivity index (χ1n) is 7.21. The minimum absolute atomic E-state index is 0.0315. The third kappa shape index (κ3) is 4.74. The second kappa shape index (κ2) is 6.47. The zero-order valence-electron chi connectivity index (χ0n) is 12.4. The molecule has 0 unspecified atom stereocenters. The van der Waals surface area contributed by atoms with Crippen LogP contribution in [-0.2, 0) is 9.84 Å². The van der Waals surface area contributed by atoms with E-state index in [1.807, 2.05) is 24.3 Å². The van der Waals surface area contributed by atoms with E-state index in [1.165, 1.54) is 5.56 Å². The molecule has 1 heterocycles. The molecule has 0 spiro atoms. The van der Waals surface area contributed by atoms with Crippen molar-refractivity contribution in [3.63, 3.8) is 0 Å². The monoisotopic (exact) mass is 310 g/mol. The van der Waals surface area contributed by atoms with Crippen molar-refractivity contribution in [1.29, 1.82) is 0 Å². The Bertz CT molecular complexity index is 594. The van der Waals surface area contributed by atoms with Crippen molar-refractivity contribution < 1.29 is 13.2 Å². The van der Waals surface area contributed by atoms with E-state index >= 15 is 0 Å². The number of rotatable bonds is 4. The van der Waals surface area contributed by atoms with Crippen molar-refractivity contribution in [2.45, 2.75) is 26.2 Å². The molecule has 0 saturated carbocycles. The van der Waals surface area contributed by atoms with Gasteiger partial charge in [-0.05, 0) is 36.0 Å². The Balaban J connectivity index is 1.79. The van der Waals surface area contributed by atoms with Gasteiger partial charge in [0.2, 0.25) is 0 Å². The molecule has 0 aromatic heterocycles. The van der Waals surface area contributed by atoms with Crippen molar-refractivity contribution in [1.82, 2.24) is 5.32 Å². The summed E-state index contributed by atoms with van der Waals surface area (Å²) in [6, 6.07) is 7.42. The SMILES string of the molecule is CC(C)c1ccc(NC(=O)NC[C@@H]2CCS(=O)(=O)C2)cc1. The third-order valence-electron chi connectivity index (χ3n) is 3.71. The van der Waals surface area contributed by atoms with Gasteiger partial charge in [-0.15, -0.1) is 0 Å². The van der Waals surface area contributed by atoms with Crippen LogP contribution in [0.1, 0.15) is 31.7 Å². The average Bonchev–Trinajstić information content (AvgIpc) is 2.77. The quantitative estimate of drug-likeness (QED) is 0.896. The molecule has 1 saturated heterocycles. The summed E-state index contributed by atoms with van der Waals surface area (Å²) in [7, 11) is -2.89. The second-order valence-electron chi connectivity index (χ2n) is 5.88. The third-order valence-corrected chi connectivity index (χ3v) is 5.55. The minimum atomic E-state index is -2.89. The Morgan fingerprint density at radius 1 is 1.29 bits per heavy atom. The number of benzene rings is 1. The maximum atomic E-state index is 11.8. The lowest BCUT2D eigenvalue weighted by Crippen LogP contribution is -2.33. The molecule has 1 atom stereocenters. The van der Waals surface area contributed by atoms with Crippen LogP contribution >= 0.6 is 0 Å². The van der Waals surface area contributed by atoms with Crippen LogP contribution in [-0.4, -0.2) is 32.5 Å². The van der Waals surface area contributed by atoms with E-state index in [1.54, 1.807) is 0 Å². The molecule has 21 heavy (non-hydrogen) atoms. The Morgan fingerprint density at radius 2 is 1.95 bits per heavy atom. The van der Waals surface area contributed by atoms with Gasteiger partial charge in [-0.25, -0.2) is 13.2 Å². The van der Waals surface area contributed by atoms with Crippen molar-refractivity contribution in [3.8, 4) is 0 Å². The summed E-state index contributed by atoms with van der Waals surface area (Å²) in [4.78, 5) is 11.8. The fourth-order valence-electron chi connectivity index (χ4n) is 2.40. The summed E-state index contributed by atoms with van der Waals surface area (Å²) in [5, 5.41) is 5.49. The van der Waals surface area contributed by atoms with Crippen LogP contribution in [0.5, 0.6) is 0 Å². The Morgan fingerprint density at radius 3 is 2.48 bits per heavy atom. The van der Waals surface area contributed by atoms with Crippen LogP contribution in [0.15, 0.2) is 24.3 Å². The highest BCUT2D eigenvalue weighted by atomic mass is 32.2. The molecule has 0 aliphatic carbocycles. The van der Waals surface area contributed by atoms with E-state index < -0.39 is 9.84 Å². The number of amides is 2. The number of hydrogen-bond acceptors (Lipinski definition) is 3. The van der Waals surface area contributed by atoms with Crippen LogP contribution in [0.25, 0.3) is 0 Å². The minimum Gasteiger partial charge on any atom is -0.338 e. The molecule has 1 fully saturated rings. The van der Waals surface area contributed by atoms with Crippen molar-refractivity contribution in [2.75, 3.05) is 23.4 Å². The lowest BCUT2D eigenvalue weighted by atomic mass is 10.0. The van der Waals surface area contributed by atoms with E-state index in [2.05, 4.69) is 24.5 Å². The van der Waals surface area contributed by atoms with Gasteiger partial charge in [-0.3, -0.25) is 0 Å².